The highest BCUT2D eigenvalue weighted by Gasteiger charge is 2.38. The average Bonchev–Trinajstić information content (AvgIpc) is 3.10. The fourth-order valence-corrected chi connectivity index (χ4v) is 6.68. The number of methoxy groups -OCH3 is 2. The Balaban J connectivity index is 1.50. The van der Waals surface area contributed by atoms with Crippen LogP contribution in [0.5, 0.6) is 5.75 Å². The fraction of sp³-hybridized carbons (Fsp3) is 0.474. The topological polar surface area (TPSA) is 76.4 Å². The van der Waals surface area contributed by atoms with E-state index in [1.165, 1.54) is 13.2 Å². The van der Waals surface area contributed by atoms with E-state index < -0.39 is 17.7 Å². The van der Waals surface area contributed by atoms with Crippen molar-refractivity contribution >= 4 is 17.2 Å². The van der Waals surface area contributed by atoms with Crippen LogP contribution in [-0.2, 0) is 4.74 Å². The number of benzene rings is 2. The molecule has 2 aromatic carbocycles. The Morgan fingerprint density at radius 1 is 1.10 bits per heavy atom. The first-order chi connectivity index (χ1) is 23.5. The minimum atomic E-state index is -4.70. The first-order valence-corrected chi connectivity index (χ1v) is 16.8. The molecule has 0 spiro atoms. The molecule has 0 aromatic heterocycles. The predicted molar refractivity (Wildman–Crippen MR) is 191 cm³/mol. The van der Waals surface area contributed by atoms with Crippen LogP contribution < -0.4 is 15.0 Å². The number of halogens is 3. The van der Waals surface area contributed by atoms with Crippen LogP contribution in [0.3, 0.4) is 0 Å². The number of nitrogens with zero attached hydrogens (tertiary/aromatic N) is 5. The Morgan fingerprint density at radius 3 is 2.43 bits per heavy atom. The number of piperidine rings is 1. The minimum absolute atomic E-state index is 0.0603. The summed E-state index contributed by atoms with van der Waals surface area (Å²) >= 11 is 0. The zero-order chi connectivity index (χ0) is 35.6. The zero-order valence-electron chi connectivity index (χ0n) is 29.3. The van der Waals surface area contributed by atoms with Gasteiger partial charge in [-0.05, 0) is 81.1 Å². The van der Waals surface area contributed by atoms with Gasteiger partial charge < -0.3 is 24.6 Å². The van der Waals surface area contributed by atoms with Crippen LogP contribution in [0.25, 0.3) is 0 Å². The van der Waals surface area contributed by atoms with Gasteiger partial charge in [-0.15, -0.1) is 0 Å². The number of piperazine rings is 1. The van der Waals surface area contributed by atoms with E-state index in [1.54, 1.807) is 45.2 Å². The molecule has 2 aromatic rings. The van der Waals surface area contributed by atoms with E-state index in [9.17, 15) is 18.4 Å². The van der Waals surface area contributed by atoms with Crippen molar-refractivity contribution < 1.29 is 22.6 Å². The highest BCUT2D eigenvalue weighted by Crippen LogP contribution is 2.41. The average molecular weight is 679 g/mol. The molecule has 264 valence electrons. The maximum absolute atomic E-state index is 14.6. The van der Waals surface area contributed by atoms with E-state index in [-0.39, 0.29) is 17.0 Å². The summed E-state index contributed by atoms with van der Waals surface area (Å²) < 4.78 is 54.7. The van der Waals surface area contributed by atoms with Crippen molar-refractivity contribution in [2.24, 2.45) is 4.99 Å². The number of anilines is 2. The van der Waals surface area contributed by atoms with Gasteiger partial charge in [-0.2, -0.15) is 18.4 Å². The molecule has 8 nitrogen and oxygen atoms in total. The van der Waals surface area contributed by atoms with Crippen molar-refractivity contribution in [3.63, 3.8) is 0 Å². The first kappa shape index (κ1) is 37.7. The number of nitrogens with one attached hydrogen (secondary N) is 1. The summed E-state index contributed by atoms with van der Waals surface area (Å²) in [6.07, 6.45) is 0.128. The number of ether oxygens (including phenoxy) is 2. The molecule has 0 aliphatic carbocycles. The van der Waals surface area contributed by atoms with Crippen molar-refractivity contribution in [2.75, 3.05) is 77.4 Å². The molecule has 11 heteroatoms. The Hall–Kier alpha value is -4.11. The highest BCUT2D eigenvalue weighted by molar-refractivity contribution is 5.94. The van der Waals surface area contributed by atoms with Crippen LogP contribution in [-0.4, -0.2) is 95.0 Å². The molecule has 2 saturated heterocycles. The van der Waals surface area contributed by atoms with Crippen molar-refractivity contribution in [3.8, 4) is 11.8 Å². The number of likely N-dealkylation sites (N-methyl/N-ethyl adjacent to an activating group) is 1. The third-order valence-electron chi connectivity index (χ3n) is 9.43. The monoisotopic (exact) mass is 678 g/mol. The molecule has 49 heavy (non-hydrogen) atoms. The quantitative estimate of drug-likeness (QED) is 0.143. The van der Waals surface area contributed by atoms with Gasteiger partial charge in [0.05, 0.1) is 30.0 Å². The summed E-state index contributed by atoms with van der Waals surface area (Å²) in [6.45, 7) is 13.9. The van der Waals surface area contributed by atoms with Crippen LogP contribution in [0.2, 0.25) is 0 Å². The molecule has 4 rings (SSSR count). The van der Waals surface area contributed by atoms with E-state index in [1.807, 2.05) is 18.2 Å². The maximum atomic E-state index is 14.6. The second-order valence-electron chi connectivity index (χ2n) is 12.6. The molecule has 2 fully saturated rings. The molecular weight excluding hydrogens is 629 g/mol. The molecule has 0 saturated carbocycles. The number of hydrogen-bond donors (Lipinski definition) is 1. The van der Waals surface area contributed by atoms with Gasteiger partial charge in [0.25, 0.3) is 0 Å². The van der Waals surface area contributed by atoms with Crippen LogP contribution in [0.1, 0.15) is 50.2 Å². The third kappa shape index (κ3) is 9.97. The van der Waals surface area contributed by atoms with Crippen molar-refractivity contribution in [3.05, 3.63) is 89.2 Å². The lowest BCUT2D eigenvalue weighted by Crippen LogP contribution is -2.52. The second-order valence-corrected chi connectivity index (χ2v) is 12.6. The Kier molecular flexibility index (Phi) is 13.5. The van der Waals surface area contributed by atoms with E-state index in [2.05, 4.69) is 44.7 Å². The van der Waals surface area contributed by atoms with Gasteiger partial charge in [-0.25, -0.2) is 4.99 Å². The summed E-state index contributed by atoms with van der Waals surface area (Å²) in [4.78, 5) is 11.5. The van der Waals surface area contributed by atoms with Crippen molar-refractivity contribution in [1.29, 1.82) is 5.26 Å². The van der Waals surface area contributed by atoms with E-state index in [0.717, 1.165) is 64.0 Å². The number of hydrogen-bond acceptors (Lipinski definition) is 7. The number of allylic oxidation sites excluding steroid dienone is 4. The molecule has 2 heterocycles. The Morgan fingerprint density at radius 2 is 1.82 bits per heavy atom. The van der Waals surface area contributed by atoms with Gasteiger partial charge in [0.15, 0.2) is 0 Å². The second kappa shape index (κ2) is 17.5. The van der Waals surface area contributed by atoms with Crippen molar-refractivity contribution in [1.82, 2.24) is 9.80 Å². The molecule has 0 radical (unpaired) electrons. The zero-order valence-corrected chi connectivity index (χ0v) is 29.3. The van der Waals surface area contributed by atoms with Crippen LogP contribution in [0, 0.1) is 11.3 Å². The first-order valence-electron chi connectivity index (χ1n) is 16.8. The van der Waals surface area contributed by atoms with Gasteiger partial charge in [0, 0.05) is 82.9 Å². The minimum Gasteiger partial charge on any atom is -0.495 e. The summed E-state index contributed by atoms with van der Waals surface area (Å²) in [5, 5.41) is 12.5. The van der Waals surface area contributed by atoms with Crippen LogP contribution in [0.15, 0.2) is 83.0 Å². The number of nitriles is 1. The third-order valence-corrected chi connectivity index (χ3v) is 9.43. The maximum Gasteiger partial charge on any atom is 0.418 e. The highest BCUT2D eigenvalue weighted by atomic mass is 19.4. The Bertz CT molecular complexity index is 1560. The Labute approximate surface area is 289 Å². The number of aliphatic imine (C=N–C) groups is 1. The molecular formula is C38H49F3N6O2. The summed E-state index contributed by atoms with van der Waals surface area (Å²) in [5.74, 6) is 0.470. The number of amidine groups is 1. The molecule has 0 bridgehead atoms. The molecule has 1 unspecified atom stereocenters. The smallest absolute Gasteiger partial charge is 0.418 e. The van der Waals surface area contributed by atoms with E-state index >= 15 is 0 Å². The van der Waals surface area contributed by atoms with Gasteiger partial charge in [-0.1, -0.05) is 24.8 Å². The van der Waals surface area contributed by atoms with Crippen molar-refractivity contribution in [2.45, 2.75) is 51.2 Å². The fourth-order valence-electron chi connectivity index (χ4n) is 6.68. The molecule has 2 aliphatic rings. The summed E-state index contributed by atoms with van der Waals surface area (Å²) in [6, 6.07) is 15.3. The van der Waals surface area contributed by atoms with Gasteiger partial charge in [-0.3, -0.25) is 4.90 Å². The largest absolute Gasteiger partial charge is 0.495 e. The van der Waals surface area contributed by atoms with Crippen LogP contribution in [0.4, 0.5) is 24.5 Å². The van der Waals surface area contributed by atoms with Gasteiger partial charge in [0.1, 0.15) is 11.6 Å². The standard InChI is InChI=1S/C38H49F3N6O2/c1-7-33(27(2)34(15-22-48-5)30-10-8-9-29(23-30)25-42)35(38(39,40)41)26-43-28(3)44-31-11-12-36(37(24-31)49-6)47-16-13-32(14-17-47)46-20-18-45(4)19-21-46/h7-12,23-24,26,32,34H,2,13-22H2,1,3-6H3,(H,43,44)/b33-7-,35-26+. The molecule has 1 N–H and O–H groups in total. The summed E-state index contributed by atoms with van der Waals surface area (Å²) in [5.41, 5.74) is 2.07. The van der Waals surface area contributed by atoms with Gasteiger partial charge >= 0.3 is 6.18 Å². The SMILES string of the molecule is C=C(C(=C/C)/C(=C\N=C(C)Nc1ccc(N2CCC(N3CCN(C)CC3)CC2)c(OC)c1)C(F)(F)F)C(CCOC)c1cccc(C#N)c1. The normalized spacial score (nSPS) is 18.3. The van der Waals surface area contributed by atoms with E-state index in [4.69, 9.17) is 9.47 Å². The lowest BCUT2D eigenvalue weighted by Gasteiger charge is -2.42. The molecule has 0 amide bonds. The van der Waals surface area contributed by atoms with Gasteiger partial charge in [0.2, 0.25) is 0 Å². The summed E-state index contributed by atoms with van der Waals surface area (Å²) in [7, 11) is 5.34. The lowest BCUT2D eigenvalue weighted by molar-refractivity contribution is -0.0893. The predicted octanol–water partition coefficient (Wildman–Crippen LogP) is 7.38. The number of alkyl halides is 3. The van der Waals surface area contributed by atoms with Crippen LogP contribution >= 0.6 is 0 Å². The number of rotatable bonds is 12. The molecule has 1 atom stereocenters. The lowest BCUT2D eigenvalue weighted by atomic mass is 9.82. The van der Waals surface area contributed by atoms with E-state index in [0.29, 0.717) is 41.6 Å². The molecule has 2 aliphatic heterocycles.